The Morgan fingerprint density at radius 1 is 1.33 bits per heavy atom. The first-order valence-corrected chi connectivity index (χ1v) is 9.43. The summed E-state index contributed by atoms with van der Waals surface area (Å²) in [7, 11) is 0. The van der Waals surface area contributed by atoms with Crippen molar-refractivity contribution in [1.29, 1.82) is 0 Å². The van der Waals surface area contributed by atoms with Gasteiger partial charge in [0.1, 0.15) is 11.4 Å². The Hall–Kier alpha value is -2.95. The van der Waals surface area contributed by atoms with Crippen molar-refractivity contribution in [2.24, 2.45) is 0 Å². The van der Waals surface area contributed by atoms with Crippen molar-refractivity contribution in [3.05, 3.63) is 79.3 Å². The van der Waals surface area contributed by atoms with Crippen molar-refractivity contribution >= 4 is 32.4 Å². The maximum absolute atomic E-state index is 13.7. The van der Waals surface area contributed by atoms with Crippen LogP contribution in [0.5, 0.6) is 0 Å². The molecule has 0 spiro atoms. The molecule has 0 bridgehead atoms. The van der Waals surface area contributed by atoms with E-state index < -0.39 is 40.4 Å². The summed E-state index contributed by atoms with van der Waals surface area (Å²) in [6.45, 7) is 1.70. The summed E-state index contributed by atoms with van der Waals surface area (Å²) in [5.41, 5.74) is -3.56. The number of anilines is 1. The van der Waals surface area contributed by atoms with Gasteiger partial charge in [0, 0.05) is 18.8 Å². The zero-order valence-corrected chi connectivity index (χ0v) is 17.0. The van der Waals surface area contributed by atoms with Gasteiger partial charge in [0.2, 0.25) is 0 Å². The van der Waals surface area contributed by atoms with Gasteiger partial charge in [0.25, 0.3) is 11.1 Å². The predicted molar refractivity (Wildman–Crippen MR) is 108 cm³/mol. The van der Waals surface area contributed by atoms with E-state index in [2.05, 4.69) is 26.3 Å². The molecule has 0 amide bonds. The number of hydrogen-bond donors (Lipinski definition) is 2. The molecule has 0 saturated carbocycles. The highest BCUT2D eigenvalue weighted by molar-refractivity contribution is 9.10. The third kappa shape index (κ3) is 4.61. The number of pyridine rings is 1. The number of H-pyrrole nitrogens is 1. The number of nitrogens with zero attached hydrogens (tertiary/aromatic N) is 2. The minimum absolute atomic E-state index is 0.123. The van der Waals surface area contributed by atoms with Gasteiger partial charge in [-0.25, -0.2) is 9.49 Å². The molecule has 3 rings (SSSR count). The monoisotopic (exact) mass is 486 g/mol. The van der Waals surface area contributed by atoms with E-state index in [0.717, 1.165) is 12.3 Å². The second-order valence-electron chi connectivity index (χ2n) is 6.47. The van der Waals surface area contributed by atoms with E-state index in [-0.39, 0.29) is 16.4 Å². The molecular formula is C19H15BrF4N4O2. The van der Waals surface area contributed by atoms with Gasteiger partial charge in [0.05, 0.1) is 21.7 Å². The number of allylic oxidation sites excluding steroid dienone is 1. The molecular weight excluding hydrogens is 472 g/mol. The van der Waals surface area contributed by atoms with Crippen LogP contribution in [0.4, 0.5) is 23.2 Å². The Labute approximate surface area is 175 Å². The summed E-state index contributed by atoms with van der Waals surface area (Å²) in [5.74, 6) is -0.558. The van der Waals surface area contributed by atoms with Crippen LogP contribution in [0.15, 0.2) is 56.8 Å². The highest BCUT2D eigenvalue weighted by atomic mass is 79.9. The highest BCUT2D eigenvalue weighted by Crippen LogP contribution is 2.31. The third-order valence-electron chi connectivity index (χ3n) is 4.27. The van der Waals surface area contributed by atoms with Gasteiger partial charge in [-0.3, -0.25) is 9.59 Å². The Morgan fingerprint density at radius 3 is 2.77 bits per heavy atom. The predicted octanol–water partition coefficient (Wildman–Crippen LogP) is 4.06. The number of fused-ring (bicyclic) bond motifs is 1. The van der Waals surface area contributed by atoms with Crippen molar-refractivity contribution in [2.75, 3.05) is 5.32 Å². The van der Waals surface area contributed by atoms with Crippen molar-refractivity contribution in [3.63, 3.8) is 0 Å². The molecule has 158 valence electrons. The molecule has 2 aromatic heterocycles. The Morgan fingerprint density at radius 2 is 2.07 bits per heavy atom. The molecule has 0 unspecified atom stereocenters. The second kappa shape index (κ2) is 8.42. The first-order valence-electron chi connectivity index (χ1n) is 8.64. The van der Waals surface area contributed by atoms with E-state index in [9.17, 15) is 27.2 Å². The van der Waals surface area contributed by atoms with Crippen LogP contribution < -0.4 is 16.4 Å². The van der Waals surface area contributed by atoms with Crippen LogP contribution in [-0.2, 0) is 12.7 Å². The van der Waals surface area contributed by atoms with Crippen molar-refractivity contribution < 1.29 is 17.6 Å². The molecule has 0 aliphatic carbocycles. The largest absolute Gasteiger partial charge is 0.423 e. The summed E-state index contributed by atoms with van der Waals surface area (Å²) < 4.78 is 54.6. The molecule has 2 N–H and O–H groups in total. The van der Waals surface area contributed by atoms with E-state index in [1.807, 2.05) is 0 Å². The molecule has 0 aliphatic heterocycles. The van der Waals surface area contributed by atoms with Crippen molar-refractivity contribution in [3.8, 4) is 0 Å². The average Bonchev–Trinajstić information content (AvgIpc) is 2.64. The maximum atomic E-state index is 13.7. The molecule has 0 radical (unpaired) electrons. The van der Waals surface area contributed by atoms with E-state index in [1.165, 1.54) is 10.6 Å². The summed E-state index contributed by atoms with van der Waals surface area (Å²) in [6.07, 6.45) is 0.702. The van der Waals surface area contributed by atoms with E-state index in [1.54, 1.807) is 36.4 Å². The Bertz CT molecular complexity index is 1230. The molecule has 3 aromatic rings. The van der Waals surface area contributed by atoms with Gasteiger partial charge >= 0.3 is 6.18 Å². The lowest BCUT2D eigenvalue weighted by Gasteiger charge is -2.15. The zero-order valence-electron chi connectivity index (χ0n) is 15.4. The Kier molecular flexibility index (Phi) is 6.11. The van der Waals surface area contributed by atoms with Crippen LogP contribution >= 0.6 is 15.9 Å². The molecule has 1 aromatic carbocycles. The number of aromatic amines is 1. The highest BCUT2D eigenvalue weighted by Gasteiger charge is 2.37. The number of nitrogens with one attached hydrogen (secondary N) is 2. The minimum atomic E-state index is -4.84. The molecule has 0 aliphatic rings. The number of rotatable bonds is 5. The van der Waals surface area contributed by atoms with E-state index >= 15 is 0 Å². The average molecular weight is 487 g/mol. The van der Waals surface area contributed by atoms with Gasteiger partial charge in [-0.1, -0.05) is 12.2 Å². The minimum Gasteiger partial charge on any atom is -0.377 e. The zero-order chi connectivity index (χ0) is 22.1. The number of alkyl halides is 3. The maximum Gasteiger partial charge on any atom is 0.423 e. The first kappa shape index (κ1) is 21.8. The first-order chi connectivity index (χ1) is 14.1. The lowest BCUT2D eigenvalue weighted by atomic mass is 10.1. The molecule has 11 heteroatoms. The lowest BCUT2D eigenvalue weighted by molar-refractivity contribution is -0.138. The van der Waals surface area contributed by atoms with E-state index in [4.69, 9.17) is 0 Å². The fraction of sp³-hybridized carbons (Fsp3) is 0.211. The molecule has 0 fully saturated rings. The van der Waals surface area contributed by atoms with Crippen molar-refractivity contribution in [1.82, 2.24) is 14.8 Å². The van der Waals surface area contributed by atoms with Crippen LogP contribution in [0.2, 0.25) is 0 Å². The number of benzene rings is 1. The second-order valence-corrected chi connectivity index (χ2v) is 7.33. The molecule has 2 heterocycles. The van der Waals surface area contributed by atoms with Gasteiger partial charge < -0.3 is 9.88 Å². The van der Waals surface area contributed by atoms with Crippen LogP contribution in [0.25, 0.3) is 10.8 Å². The van der Waals surface area contributed by atoms with Gasteiger partial charge in [-0.05, 0) is 46.4 Å². The topological polar surface area (TPSA) is 79.8 Å². The standard InChI is InChI=1S/C19H15BrF4N4O2/c1-10(26-15-9-25-27-17(29)16(15)19(22,23)24)3-2-5-28-6-4-11-7-13(20)14(21)8-12(11)18(28)30/h2-4,6-10H,5H2,1H3,(H2,26,27,29)/b3-2+/t10-/m0/s1. The molecule has 1 atom stereocenters. The normalized spacial score (nSPS) is 13.1. The third-order valence-corrected chi connectivity index (χ3v) is 4.88. The Balaban J connectivity index is 1.78. The quantitative estimate of drug-likeness (QED) is 0.421. The van der Waals surface area contributed by atoms with E-state index in [0.29, 0.717) is 5.39 Å². The fourth-order valence-corrected chi connectivity index (χ4v) is 3.24. The molecule has 6 nitrogen and oxygen atoms in total. The van der Waals surface area contributed by atoms with Crippen LogP contribution in [0.1, 0.15) is 12.5 Å². The number of halogens is 5. The van der Waals surface area contributed by atoms with Gasteiger partial charge in [0.15, 0.2) is 0 Å². The summed E-state index contributed by atoms with van der Waals surface area (Å²) >= 11 is 3.07. The van der Waals surface area contributed by atoms with Gasteiger partial charge in [-0.15, -0.1) is 0 Å². The molecule has 30 heavy (non-hydrogen) atoms. The number of aromatic nitrogens is 3. The van der Waals surface area contributed by atoms with Gasteiger partial charge in [-0.2, -0.15) is 18.3 Å². The van der Waals surface area contributed by atoms with Crippen LogP contribution in [0, 0.1) is 5.82 Å². The SMILES string of the molecule is C[C@@H](/C=C/Cn1ccc2cc(Br)c(F)cc2c1=O)Nc1cn[nH]c(=O)c1C(F)(F)F. The smallest absolute Gasteiger partial charge is 0.377 e. The molecule has 0 saturated heterocycles. The summed E-state index contributed by atoms with van der Waals surface area (Å²) in [4.78, 5) is 24.0. The van der Waals surface area contributed by atoms with Crippen LogP contribution in [0.3, 0.4) is 0 Å². The summed E-state index contributed by atoms with van der Waals surface area (Å²) in [6, 6.07) is 3.71. The van der Waals surface area contributed by atoms with Crippen LogP contribution in [-0.4, -0.2) is 20.8 Å². The van der Waals surface area contributed by atoms with Crippen molar-refractivity contribution in [2.45, 2.75) is 25.7 Å². The summed E-state index contributed by atoms with van der Waals surface area (Å²) in [5, 5.41) is 8.51. The number of hydrogen-bond acceptors (Lipinski definition) is 4. The fourth-order valence-electron chi connectivity index (χ4n) is 2.88. The lowest BCUT2D eigenvalue weighted by Crippen LogP contribution is -2.26.